The number of nitrogens with two attached hydrogens (primary N) is 1. The van der Waals surface area contributed by atoms with Crippen molar-refractivity contribution in [2.45, 2.75) is 24.9 Å². The van der Waals surface area contributed by atoms with E-state index in [0.29, 0.717) is 17.1 Å². The van der Waals surface area contributed by atoms with Gasteiger partial charge in [0, 0.05) is 18.2 Å². The molecular formula is C18H20N2O6S. The minimum absolute atomic E-state index is 0.0407. The first-order valence-corrected chi connectivity index (χ1v) is 9.33. The van der Waals surface area contributed by atoms with Gasteiger partial charge in [0.2, 0.25) is 5.91 Å². The largest absolute Gasteiger partial charge is 0.497 e. The third-order valence-electron chi connectivity index (χ3n) is 4.26. The van der Waals surface area contributed by atoms with Crippen molar-refractivity contribution >= 4 is 29.6 Å². The predicted octanol–water partition coefficient (Wildman–Crippen LogP) is 0.798. The highest BCUT2D eigenvalue weighted by molar-refractivity contribution is 8.00. The van der Waals surface area contributed by atoms with Gasteiger partial charge in [-0.3, -0.25) is 14.5 Å². The summed E-state index contributed by atoms with van der Waals surface area (Å²) < 4.78 is 15.5. The molecule has 3 rings (SSSR count). The van der Waals surface area contributed by atoms with E-state index in [1.807, 2.05) is 0 Å². The zero-order chi connectivity index (χ0) is 19.6. The summed E-state index contributed by atoms with van der Waals surface area (Å²) >= 11 is 1.43. The number of benzene rings is 1. The summed E-state index contributed by atoms with van der Waals surface area (Å²) in [6.45, 7) is 1.26. The molecular weight excluding hydrogens is 372 g/mol. The Morgan fingerprint density at radius 3 is 2.56 bits per heavy atom. The summed E-state index contributed by atoms with van der Waals surface area (Å²) in [5, 5.41) is -0.304. The summed E-state index contributed by atoms with van der Waals surface area (Å²) in [7, 11) is 1.57. The van der Waals surface area contributed by atoms with Crippen molar-refractivity contribution in [1.82, 2.24) is 4.90 Å². The molecule has 0 unspecified atom stereocenters. The van der Waals surface area contributed by atoms with E-state index in [9.17, 15) is 14.4 Å². The van der Waals surface area contributed by atoms with Crippen LogP contribution in [0.4, 0.5) is 0 Å². The number of β-lactam (4-membered cyclic amide) rings is 1. The quantitative estimate of drug-likeness (QED) is 0.559. The third kappa shape index (κ3) is 3.93. The van der Waals surface area contributed by atoms with Crippen LogP contribution in [0.15, 0.2) is 35.5 Å². The van der Waals surface area contributed by atoms with Crippen LogP contribution < -0.4 is 10.5 Å². The molecule has 1 amide bonds. The number of ether oxygens (including phenoxy) is 3. The Labute approximate surface area is 160 Å². The lowest BCUT2D eigenvalue weighted by molar-refractivity contribution is -0.151. The maximum atomic E-state index is 12.7. The van der Waals surface area contributed by atoms with E-state index in [0.717, 1.165) is 5.56 Å². The molecule has 27 heavy (non-hydrogen) atoms. The molecule has 0 radical (unpaired) electrons. The van der Waals surface area contributed by atoms with Gasteiger partial charge < -0.3 is 19.9 Å². The van der Waals surface area contributed by atoms with Crippen molar-refractivity contribution in [3.63, 3.8) is 0 Å². The summed E-state index contributed by atoms with van der Waals surface area (Å²) in [6.07, 6.45) is 0. The SMILES string of the molecule is COc1ccc(COC(=O)C2=C(COC(C)=O)CS[C@H]3[C@@H](N)C(=O)N23)cc1. The van der Waals surface area contributed by atoms with Crippen LogP contribution in [-0.2, 0) is 30.5 Å². The lowest BCUT2D eigenvalue weighted by Gasteiger charge is -2.48. The molecule has 2 atom stereocenters. The van der Waals surface area contributed by atoms with Gasteiger partial charge in [-0.25, -0.2) is 4.79 Å². The zero-order valence-corrected chi connectivity index (χ0v) is 15.8. The molecule has 9 heteroatoms. The highest BCUT2D eigenvalue weighted by Gasteiger charge is 2.52. The van der Waals surface area contributed by atoms with Gasteiger partial charge >= 0.3 is 11.9 Å². The molecule has 1 fully saturated rings. The number of nitrogens with zero attached hydrogens (tertiary/aromatic N) is 1. The highest BCUT2D eigenvalue weighted by atomic mass is 32.2. The second-order valence-electron chi connectivity index (χ2n) is 6.09. The van der Waals surface area contributed by atoms with Gasteiger partial charge in [-0.1, -0.05) is 12.1 Å². The first-order chi connectivity index (χ1) is 12.9. The number of hydrogen-bond acceptors (Lipinski definition) is 8. The Morgan fingerprint density at radius 2 is 1.93 bits per heavy atom. The van der Waals surface area contributed by atoms with Crippen LogP contribution in [0.3, 0.4) is 0 Å². The van der Waals surface area contributed by atoms with Crippen LogP contribution in [0.25, 0.3) is 0 Å². The van der Waals surface area contributed by atoms with E-state index in [2.05, 4.69) is 0 Å². The molecule has 1 saturated heterocycles. The molecule has 0 aliphatic carbocycles. The third-order valence-corrected chi connectivity index (χ3v) is 5.62. The maximum Gasteiger partial charge on any atom is 0.355 e. The van der Waals surface area contributed by atoms with Crippen LogP contribution in [0, 0.1) is 0 Å². The van der Waals surface area contributed by atoms with Gasteiger partial charge in [-0.05, 0) is 17.7 Å². The van der Waals surface area contributed by atoms with Gasteiger partial charge in [0.05, 0.1) is 7.11 Å². The fourth-order valence-corrected chi connectivity index (χ4v) is 4.08. The number of amides is 1. The van der Waals surface area contributed by atoms with Gasteiger partial charge in [-0.2, -0.15) is 0 Å². The minimum Gasteiger partial charge on any atom is -0.497 e. The normalized spacial score (nSPS) is 21.3. The number of thioether (sulfide) groups is 1. The monoisotopic (exact) mass is 392 g/mol. The minimum atomic E-state index is -0.644. The van der Waals surface area contributed by atoms with E-state index >= 15 is 0 Å². The molecule has 2 N–H and O–H groups in total. The van der Waals surface area contributed by atoms with Gasteiger partial charge in [0.15, 0.2) is 0 Å². The van der Waals surface area contributed by atoms with Crippen LogP contribution >= 0.6 is 11.8 Å². The number of carbonyl (C=O) groups excluding carboxylic acids is 3. The van der Waals surface area contributed by atoms with Gasteiger partial charge in [0.1, 0.15) is 36.1 Å². The Bertz CT molecular complexity index is 792. The van der Waals surface area contributed by atoms with Gasteiger partial charge in [-0.15, -0.1) is 11.8 Å². The molecule has 8 nitrogen and oxygen atoms in total. The van der Waals surface area contributed by atoms with E-state index in [4.69, 9.17) is 19.9 Å². The smallest absolute Gasteiger partial charge is 0.355 e. The zero-order valence-electron chi connectivity index (χ0n) is 15.0. The van der Waals surface area contributed by atoms with E-state index in [-0.39, 0.29) is 30.2 Å². The summed E-state index contributed by atoms with van der Waals surface area (Å²) in [5.41, 5.74) is 7.25. The average molecular weight is 392 g/mol. The number of rotatable bonds is 6. The number of esters is 2. The van der Waals surface area contributed by atoms with Crippen LogP contribution in [0.1, 0.15) is 12.5 Å². The van der Waals surface area contributed by atoms with Crippen LogP contribution in [0.5, 0.6) is 5.75 Å². The Kier molecular flexibility index (Phi) is 5.71. The molecule has 144 valence electrons. The molecule has 2 aliphatic rings. The summed E-state index contributed by atoms with van der Waals surface area (Å²) in [4.78, 5) is 37.3. The summed E-state index contributed by atoms with van der Waals surface area (Å²) in [6, 6.07) is 6.45. The van der Waals surface area contributed by atoms with Crippen molar-refractivity contribution in [2.24, 2.45) is 5.73 Å². The van der Waals surface area contributed by atoms with E-state index < -0.39 is 18.0 Å². The Morgan fingerprint density at radius 1 is 1.22 bits per heavy atom. The second kappa shape index (κ2) is 8.01. The Hall–Kier alpha value is -2.52. The molecule has 1 aromatic rings. The number of fused-ring (bicyclic) bond motifs is 1. The molecule has 2 aliphatic heterocycles. The van der Waals surface area contributed by atoms with Crippen molar-refractivity contribution in [1.29, 1.82) is 0 Å². The van der Waals surface area contributed by atoms with Crippen molar-refractivity contribution in [2.75, 3.05) is 19.5 Å². The summed E-state index contributed by atoms with van der Waals surface area (Å²) in [5.74, 6) is -0.319. The molecule has 0 spiro atoms. The van der Waals surface area contributed by atoms with E-state index in [1.165, 1.54) is 23.6 Å². The molecule has 0 bridgehead atoms. The average Bonchev–Trinajstić information content (AvgIpc) is 2.69. The predicted molar refractivity (Wildman–Crippen MR) is 97.5 cm³/mol. The van der Waals surface area contributed by atoms with Crippen molar-refractivity contribution in [3.05, 3.63) is 41.1 Å². The van der Waals surface area contributed by atoms with Crippen LogP contribution in [-0.4, -0.2) is 53.6 Å². The number of methoxy groups -OCH3 is 1. The van der Waals surface area contributed by atoms with Crippen molar-refractivity contribution in [3.8, 4) is 5.75 Å². The molecule has 2 heterocycles. The fraction of sp³-hybridized carbons (Fsp3) is 0.389. The number of hydrogen-bond donors (Lipinski definition) is 1. The van der Waals surface area contributed by atoms with Crippen LogP contribution in [0.2, 0.25) is 0 Å². The Balaban J connectivity index is 1.75. The van der Waals surface area contributed by atoms with Crippen molar-refractivity contribution < 1.29 is 28.6 Å². The standard InChI is InChI=1S/C18H20N2O6S/c1-10(21)25-8-12-9-27-17-14(19)16(22)20(17)15(12)18(23)26-7-11-3-5-13(24-2)6-4-11/h3-6,14,17H,7-9,19H2,1-2H3/t14-,17-/m0/s1. The second-order valence-corrected chi connectivity index (χ2v) is 7.20. The maximum absolute atomic E-state index is 12.7. The topological polar surface area (TPSA) is 108 Å². The van der Waals surface area contributed by atoms with Gasteiger partial charge in [0.25, 0.3) is 0 Å². The highest BCUT2D eigenvalue weighted by Crippen LogP contribution is 2.39. The number of carbonyl (C=O) groups is 3. The lowest BCUT2D eigenvalue weighted by Crippen LogP contribution is -2.68. The fourth-order valence-electron chi connectivity index (χ4n) is 2.81. The molecule has 0 aromatic heterocycles. The molecule has 0 saturated carbocycles. The first-order valence-electron chi connectivity index (χ1n) is 8.28. The first kappa shape index (κ1) is 19.2. The molecule has 1 aromatic carbocycles. The lowest BCUT2D eigenvalue weighted by atomic mass is 10.0. The van der Waals surface area contributed by atoms with E-state index in [1.54, 1.807) is 31.4 Å².